The van der Waals surface area contributed by atoms with Crippen molar-refractivity contribution in [2.24, 2.45) is 10.9 Å². The zero-order valence-electron chi connectivity index (χ0n) is 13.2. The molecule has 6 heteroatoms. The highest BCUT2D eigenvalue weighted by atomic mass is 32.1. The Kier molecular flexibility index (Phi) is 5.12. The smallest absolute Gasteiger partial charge is 0.174 e. The molecule has 0 unspecified atom stereocenters. The highest BCUT2D eigenvalue weighted by Crippen LogP contribution is 2.35. The Bertz CT molecular complexity index is 678. The number of thiazole rings is 1. The number of para-hydroxylation sites is 1. The number of nitrogens with two attached hydrogens (primary N) is 1. The Hall–Kier alpha value is -2.08. The summed E-state index contributed by atoms with van der Waals surface area (Å²) in [5.41, 5.74) is 7.60. The van der Waals surface area contributed by atoms with Crippen LogP contribution in [0.4, 0.5) is 0 Å². The minimum absolute atomic E-state index is 0.300. The number of nitrogens with zero attached hydrogens (tertiary/aromatic N) is 2. The molecule has 2 N–H and O–H groups in total. The predicted octanol–water partition coefficient (Wildman–Crippen LogP) is 3.65. The van der Waals surface area contributed by atoms with Crippen LogP contribution in [0.3, 0.4) is 0 Å². The summed E-state index contributed by atoms with van der Waals surface area (Å²) in [5, 5.41) is 7.25. The normalized spacial score (nSPS) is 15.8. The third-order valence-electron chi connectivity index (χ3n) is 4.03. The van der Waals surface area contributed by atoms with E-state index in [0.717, 1.165) is 11.3 Å². The Morgan fingerprint density at radius 3 is 2.91 bits per heavy atom. The number of aromatic nitrogens is 1. The Morgan fingerprint density at radius 1 is 1.35 bits per heavy atom. The molecule has 122 valence electrons. The van der Waals surface area contributed by atoms with E-state index < -0.39 is 0 Å². The molecule has 2 aromatic rings. The van der Waals surface area contributed by atoms with Gasteiger partial charge in [-0.15, -0.1) is 11.3 Å². The van der Waals surface area contributed by atoms with Crippen molar-refractivity contribution in [3.63, 3.8) is 0 Å². The lowest BCUT2D eigenvalue weighted by molar-refractivity contribution is 0.128. The average molecular weight is 331 g/mol. The highest BCUT2D eigenvalue weighted by Gasteiger charge is 2.20. The second-order valence-electron chi connectivity index (χ2n) is 5.61. The van der Waals surface area contributed by atoms with Crippen LogP contribution in [0.5, 0.6) is 5.75 Å². The SMILES string of the molecule is COc1ccccc1C(N)=NOCc1csc(C2CCCC2)n1. The quantitative estimate of drug-likeness (QED) is 0.498. The molecule has 0 spiro atoms. The standard InChI is InChI=1S/C17H21N3O2S/c1-21-15-9-5-4-8-14(15)16(18)20-22-10-13-11-23-17(19-13)12-6-2-3-7-12/h4-5,8-9,11-12H,2-3,6-7,10H2,1H3,(H2,18,20). The van der Waals surface area contributed by atoms with Gasteiger partial charge in [-0.05, 0) is 25.0 Å². The summed E-state index contributed by atoms with van der Waals surface area (Å²) in [7, 11) is 1.60. The molecule has 0 aliphatic heterocycles. The van der Waals surface area contributed by atoms with Crippen LogP contribution in [-0.4, -0.2) is 17.9 Å². The molecular weight excluding hydrogens is 310 g/mol. The van der Waals surface area contributed by atoms with Crippen LogP contribution in [0.2, 0.25) is 0 Å². The monoisotopic (exact) mass is 331 g/mol. The van der Waals surface area contributed by atoms with Gasteiger partial charge in [-0.3, -0.25) is 0 Å². The van der Waals surface area contributed by atoms with Crippen molar-refractivity contribution in [2.45, 2.75) is 38.2 Å². The summed E-state index contributed by atoms with van der Waals surface area (Å²) >= 11 is 1.72. The number of hydrogen-bond donors (Lipinski definition) is 1. The predicted molar refractivity (Wildman–Crippen MR) is 91.8 cm³/mol. The van der Waals surface area contributed by atoms with Gasteiger partial charge in [0, 0.05) is 11.3 Å². The lowest BCUT2D eigenvalue weighted by Gasteiger charge is -2.07. The van der Waals surface area contributed by atoms with E-state index in [2.05, 4.69) is 10.1 Å². The molecule has 1 aromatic carbocycles. The summed E-state index contributed by atoms with van der Waals surface area (Å²) in [6.07, 6.45) is 5.14. The van der Waals surface area contributed by atoms with Crippen LogP contribution in [0, 0.1) is 0 Å². The Labute approximate surface area is 140 Å². The molecule has 1 heterocycles. The van der Waals surface area contributed by atoms with Gasteiger partial charge < -0.3 is 15.3 Å². The van der Waals surface area contributed by atoms with E-state index in [1.807, 2.05) is 29.6 Å². The first-order valence-corrected chi connectivity index (χ1v) is 8.69. The molecule has 5 nitrogen and oxygen atoms in total. The van der Waals surface area contributed by atoms with Crippen molar-refractivity contribution in [1.29, 1.82) is 0 Å². The van der Waals surface area contributed by atoms with Crippen LogP contribution in [0.15, 0.2) is 34.8 Å². The number of benzene rings is 1. The first-order chi connectivity index (χ1) is 11.3. The van der Waals surface area contributed by atoms with Gasteiger partial charge in [0.05, 0.1) is 23.4 Å². The molecular formula is C17H21N3O2S. The van der Waals surface area contributed by atoms with E-state index >= 15 is 0 Å². The van der Waals surface area contributed by atoms with Crippen molar-refractivity contribution < 1.29 is 9.57 Å². The maximum absolute atomic E-state index is 5.97. The summed E-state index contributed by atoms with van der Waals surface area (Å²) < 4.78 is 5.26. The van der Waals surface area contributed by atoms with Crippen LogP contribution >= 0.6 is 11.3 Å². The third-order valence-corrected chi connectivity index (χ3v) is 5.09. The molecule has 1 fully saturated rings. The van der Waals surface area contributed by atoms with Gasteiger partial charge in [0.2, 0.25) is 0 Å². The van der Waals surface area contributed by atoms with Gasteiger partial charge in [0.1, 0.15) is 5.75 Å². The summed E-state index contributed by atoms with van der Waals surface area (Å²) in [5.74, 6) is 1.61. The molecule has 1 aliphatic rings. The number of amidine groups is 1. The average Bonchev–Trinajstić information content (AvgIpc) is 3.26. The molecule has 1 aliphatic carbocycles. The fraction of sp³-hybridized carbons (Fsp3) is 0.412. The fourth-order valence-electron chi connectivity index (χ4n) is 2.82. The van der Waals surface area contributed by atoms with Gasteiger partial charge in [-0.2, -0.15) is 0 Å². The van der Waals surface area contributed by atoms with Crippen molar-refractivity contribution in [1.82, 2.24) is 4.98 Å². The van der Waals surface area contributed by atoms with E-state index in [1.165, 1.54) is 30.7 Å². The van der Waals surface area contributed by atoms with Gasteiger partial charge >= 0.3 is 0 Å². The van der Waals surface area contributed by atoms with Crippen LogP contribution in [0.25, 0.3) is 0 Å². The number of rotatable bonds is 6. The van der Waals surface area contributed by atoms with E-state index in [-0.39, 0.29) is 0 Å². The van der Waals surface area contributed by atoms with Crippen molar-refractivity contribution in [3.05, 3.63) is 45.9 Å². The van der Waals surface area contributed by atoms with E-state index in [1.54, 1.807) is 18.4 Å². The molecule has 0 radical (unpaired) electrons. The number of oxime groups is 1. The zero-order chi connectivity index (χ0) is 16.1. The summed E-state index contributed by atoms with van der Waals surface area (Å²) in [4.78, 5) is 10.0. The molecule has 1 saturated carbocycles. The second kappa shape index (κ2) is 7.46. The minimum atomic E-state index is 0.300. The van der Waals surface area contributed by atoms with E-state index in [4.69, 9.17) is 15.3 Å². The Balaban J connectivity index is 1.59. The molecule has 0 atom stereocenters. The zero-order valence-corrected chi connectivity index (χ0v) is 14.0. The first kappa shape index (κ1) is 15.8. The highest BCUT2D eigenvalue weighted by molar-refractivity contribution is 7.09. The largest absolute Gasteiger partial charge is 0.496 e. The first-order valence-electron chi connectivity index (χ1n) is 7.81. The molecule has 1 aromatic heterocycles. The van der Waals surface area contributed by atoms with Gasteiger partial charge in [0.25, 0.3) is 0 Å². The maximum atomic E-state index is 5.97. The fourth-order valence-corrected chi connectivity index (χ4v) is 3.80. The maximum Gasteiger partial charge on any atom is 0.174 e. The molecule has 23 heavy (non-hydrogen) atoms. The second-order valence-corrected chi connectivity index (χ2v) is 6.50. The Morgan fingerprint density at radius 2 is 2.13 bits per heavy atom. The summed E-state index contributed by atoms with van der Waals surface area (Å²) in [6.45, 7) is 0.332. The number of ether oxygens (including phenoxy) is 1. The number of methoxy groups -OCH3 is 1. The van der Waals surface area contributed by atoms with E-state index in [9.17, 15) is 0 Å². The van der Waals surface area contributed by atoms with Gasteiger partial charge in [-0.25, -0.2) is 4.98 Å². The van der Waals surface area contributed by atoms with Crippen LogP contribution in [-0.2, 0) is 11.4 Å². The minimum Gasteiger partial charge on any atom is -0.496 e. The molecule has 0 bridgehead atoms. The van der Waals surface area contributed by atoms with Crippen LogP contribution in [0.1, 0.15) is 47.9 Å². The van der Waals surface area contributed by atoms with Crippen molar-refractivity contribution >= 4 is 17.2 Å². The molecule has 3 rings (SSSR count). The summed E-state index contributed by atoms with van der Waals surface area (Å²) in [6, 6.07) is 7.46. The van der Waals surface area contributed by atoms with Crippen molar-refractivity contribution in [3.8, 4) is 5.75 Å². The number of hydrogen-bond acceptors (Lipinski definition) is 5. The van der Waals surface area contributed by atoms with Crippen LogP contribution < -0.4 is 10.5 Å². The molecule has 0 saturated heterocycles. The van der Waals surface area contributed by atoms with E-state index in [0.29, 0.717) is 24.1 Å². The van der Waals surface area contributed by atoms with Crippen molar-refractivity contribution in [2.75, 3.05) is 7.11 Å². The van der Waals surface area contributed by atoms with Gasteiger partial charge in [-0.1, -0.05) is 30.1 Å². The third kappa shape index (κ3) is 3.82. The topological polar surface area (TPSA) is 69.7 Å². The molecule has 0 amide bonds. The lowest BCUT2D eigenvalue weighted by Crippen LogP contribution is -2.15. The van der Waals surface area contributed by atoms with Gasteiger partial charge in [0.15, 0.2) is 12.4 Å². The lowest BCUT2D eigenvalue weighted by atomic mass is 10.1.